The predicted molar refractivity (Wildman–Crippen MR) is 149 cm³/mol. The summed E-state index contributed by atoms with van der Waals surface area (Å²) in [4.78, 5) is 31.9. The van der Waals surface area contributed by atoms with Crippen LogP contribution in [0.4, 0.5) is 0 Å². The van der Waals surface area contributed by atoms with E-state index in [2.05, 4.69) is 6.08 Å². The van der Waals surface area contributed by atoms with Crippen LogP contribution in [-0.2, 0) is 14.3 Å². The molecule has 1 aliphatic carbocycles. The van der Waals surface area contributed by atoms with Crippen LogP contribution in [0.1, 0.15) is 36.3 Å². The smallest absolute Gasteiger partial charge is 0.315 e. The molecule has 3 aromatic rings. The topological polar surface area (TPSA) is 65.0 Å². The number of benzene rings is 3. The predicted octanol–water partition coefficient (Wildman–Crippen LogP) is 7.05. The lowest BCUT2D eigenvalue weighted by atomic mass is 9.66. The zero-order chi connectivity index (χ0) is 26.6. The van der Waals surface area contributed by atoms with Gasteiger partial charge in [-0.15, -0.1) is 0 Å². The van der Waals surface area contributed by atoms with E-state index in [0.717, 1.165) is 11.1 Å². The van der Waals surface area contributed by atoms with E-state index in [1.54, 1.807) is 12.1 Å². The molecule has 5 rings (SSSR count). The van der Waals surface area contributed by atoms with Gasteiger partial charge < -0.3 is 9.47 Å². The minimum absolute atomic E-state index is 0.0452. The van der Waals surface area contributed by atoms with Crippen molar-refractivity contribution < 1.29 is 19.1 Å². The molecule has 4 atom stereocenters. The Bertz CT molecular complexity index is 1370. The van der Waals surface area contributed by atoms with Crippen LogP contribution in [0.3, 0.4) is 0 Å². The van der Waals surface area contributed by atoms with Crippen LogP contribution in [0.15, 0.2) is 95.6 Å². The number of esters is 1. The van der Waals surface area contributed by atoms with Gasteiger partial charge in [0.05, 0.1) is 5.92 Å². The highest BCUT2D eigenvalue weighted by molar-refractivity contribution is 6.30. The third kappa shape index (κ3) is 5.69. The first-order valence-electron chi connectivity index (χ1n) is 12.6. The fourth-order valence-electron chi connectivity index (χ4n) is 5.31. The number of ketones is 1. The molecule has 0 saturated carbocycles. The Morgan fingerprint density at radius 1 is 0.895 bits per heavy atom. The van der Waals surface area contributed by atoms with Crippen LogP contribution < -0.4 is 4.74 Å². The molecule has 0 radical (unpaired) electrons. The average Bonchev–Trinajstić information content (AvgIpc) is 2.91. The molecule has 1 aliphatic heterocycles. The number of carbonyl (C=O) groups is 2. The van der Waals surface area contributed by atoms with Crippen molar-refractivity contribution in [3.63, 3.8) is 0 Å². The number of para-hydroxylation sites is 1. The molecule has 5 nitrogen and oxygen atoms in total. The Morgan fingerprint density at radius 3 is 2.18 bits per heavy atom. The van der Waals surface area contributed by atoms with Crippen molar-refractivity contribution in [3.05, 3.63) is 112 Å². The molecular weight excluding hydrogens is 521 g/mol. The van der Waals surface area contributed by atoms with Crippen LogP contribution in [0.2, 0.25) is 10.0 Å². The molecule has 0 fully saturated rings. The monoisotopic (exact) mass is 547 g/mol. The molecule has 0 saturated heterocycles. The maximum absolute atomic E-state index is 13.7. The number of rotatable bonds is 7. The van der Waals surface area contributed by atoms with Gasteiger partial charge in [-0.25, -0.2) is 0 Å². The molecule has 0 bridgehead atoms. The summed E-state index contributed by atoms with van der Waals surface area (Å²) in [7, 11) is 0. The zero-order valence-corrected chi connectivity index (χ0v) is 22.4. The van der Waals surface area contributed by atoms with Crippen LogP contribution in [0, 0.1) is 11.8 Å². The molecule has 7 heteroatoms. The van der Waals surface area contributed by atoms with Crippen molar-refractivity contribution in [2.24, 2.45) is 16.8 Å². The number of hydrogen-bond donors (Lipinski definition) is 0. The van der Waals surface area contributed by atoms with Gasteiger partial charge in [0, 0.05) is 39.7 Å². The molecule has 2 aliphatic rings. The number of hydrogen-bond acceptors (Lipinski definition) is 5. The van der Waals surface area contributed by atoms with E-state index in [1.165, 1.54) is 0 Å². The molecule has 1 heterocycles. The second-order valence-electron chi connectivity index (χ2n) is 9.53. The van der Waals surface area contributed by atoms with Gasteiger partial charge in [-0.2, -0.15) is 0 Å². The molecule has 0 spiro atoms. The van der Waals surface area contributed by atoms with Crippen molar-refractivity contribution in [2.75, 3.05) is 13.2 Å². The lowest BCUT2D eigenvalue weighted by molar-refractivity contribution is -0.148. The Balaban J connectivity index is 1.43. The van der Waals surface area contributed by atoms with Crippen LogP contribution >= 0.6 is 23.2 Å². The minimum Gasteiger partial charge on any atom is -0.490 e. The maximum atomic E-state index is 13.7. The normalized spacial score (nSPS) is 22.7. The lowest BCUT2D eigenvalue weighted by Crippen LogP contribution is -2.42. The summed E-state index contributed by atoms with van der Waals surface area (Å²) in [6.07, 6.45) is 2.37. The van der Waals surface area contributed by atoms with Crippen molar-refractivity contribution in [1.82, 2.24) is 0 Å². The van der Waals surface area contributed by atoms with Gasteiger partial charge in [-0.3, -0.25) is 14.6 Å². The second-order valence-corrected chi connectivity index (χ2v) is 10.4. The number of fused-ring (bicyclic) bond motifs is 1. The minimum atomic E-state index is -0.703. The van der Waals surface area contributed by atoms with Crippen molar-refractivity contribution in [2.45, 2.75) is 25.2 Å². The Hall–Kier alpha value is -3.41. The number of aliphatic imine (C=N–C) groups is 1. The third-order valence-electron chi connectivity index (χ3n) is 7.08. The lowest BCUT2D eigenvalue weighted by Gasteiger charge is -2.39. The zero-order valence-electron chi connectivity index (χ0n) is 20.8. The first kappa shape index (κ1) is 26.2. The van der Waals surface area contributed by atoms with Gasteiger partial charge in [0.1, 0.15) is 30.7 Å². The molecule has 3 aromatic carbocycles. The fourth-order valence-corrected chi connectivity index (χ4v) is 5.57. The van der Waals surface area contributed by atoms with Gasteiger partial charge in [0.25, 0.3) is 0 Å². The average molecular weight is 548 g/mol. The van der Waals surface area contributed by atoms with E-state index in [1.807, 2.05) is 73.7 Å². The summed E-state index contributed by atoms with van der Waals surface area (Å²) < 4.78 is 11.3. The maximum Gasteiger partial charge on any atom is 0.315 e. The highest BCUT2D eigenvalue weighted by atomic mass is 35.5. The SMILES string of the molecule is CC1=NC2=CC(c3ccc(Cl)cc3)CC(=O)C2C(c2ccc(Cl)cc2)C1C(=O)OCCOc1ccccc1. The fraction of sp³-hybridized carbons (Fsp3) is 0.258. The molecule has 0 aromatic heterocycles. The number of ether oxygens (including phenoxy) is 2. The Labute approximate surface area is 232 Å². The van der Waals surface area contributed by atoms with E-state index in [9.17, 15) is 9.59 Å². The molecule has 0 N–H and O–H groups in total. The summed E-state index contributed by atoms with van der Waals surface area (Å²) in [5.41, 5.74) is 3.16. The summed E-state index contributed by atoms with van der Waals surface area (Å²) in [6, 6.07) is 24.2. The number of Topliss-reactive ketones (excluding diaryl/α,β-unsaturated/α-hetero) is 1. The van der Waals surface area contributed by atoms with E-state index in [0.29, 0.717) is 33.6 Å². The Kier molecular flexibility index (Phi) is 7.96. The van der Waals surface area contributed by atoms with Crippen molar-refractivity contribution >= 4 is 40.7 Å². The standard InChI is InChI=1S/C31H27Cl2NO4/c1-19-28(31(36)38-16-15-37-25-5-3-2-4-6-25)29(21-9-13-24(33)14-10-21)30-26(34-19)17-22(18-27(30)35)20-7-11-23(32)12-8-20/h2-14,17,22,28-30H,15-16,18H2,1H3. The quantitative estimate of drug-likeness (QED) is 0.235. The summed E-state index contributed by atoms with van der Waals surface area (Å²) in [5.74, 6) is -1.48. The Morgan fingerprint density at radius 2 is 1.53 bits per heavy atom. The first-order chi connectivity index (χ1) is 18.4. The highest BCUT2D eigenvalue weighted by Gasteiger charge is 2.48. The number of nitrogens with zero attached hydrogens (tertiary/aromatic N) is 1. The molecule has 0 amide bonds. The first-order valence-corrected chi connectivity index (χ1v) is 13.3. The van der Waals surface area contributed by atoms with Gasteiger partial charge in [-0.05, 0) is 54.4 Å². The highest BCUT2D eigenvalue weighted by Crippen LogP contribution is 2.47. The molecule has 194 valence electrons. The van der Waals surface area contributed by atoms with Crippen LogP contribution in [-0.4, -0.2) is 30.7 Å². The largest absolute Gasteiger partial charge is 0.490 e. The second kappa shape index (κ2) is 11.5. The van der Waals surface area contributed by atoms with Crippen molar-refractivity contribution in [1.29, 1.82) is 0 Å². The van der Waals surface area contributed by atoms with Crippen LogP contribution in [0.25, 0.3) is 0 Å². The number of halogens is 2. The van der Waals surface area contributed by atoms with Gasteiger partial charge in [0.15, 0.2) is 0 Å². The van der Waals surface area contributed by atoms with E-state index in [-0.39, 0.29) is 24.9 Å². The third-order valence-corrected chi connectivity index (χ3v) is 7.58. The summed E-state index contributed by atoms with van der Waals surface area (Å²) in [6.45, 7) is 2.13. The van der Waals surface area contributed by atoms with Crippen LogP contribution in [0.5, 0.6) is 5.75 Å². The molecular formula is C31H27Cl2NO4. The number of carbonyl (C=O) groups excluding carboxylic acids is 2. The summed E-state index contributed by atoms with van der Waals surface area (Å²) >= 11 is 12.2. The summed E-state index contributed by atoms with van der Waals surface area (Å²) in [5, 5.41) is 1.23. The van der Waals surface area contributed by atoms with E-state index < -0.39 is 23.7 Å². The molecule has 4 unspecified atom stereocenters. The molecule has 38 heavy (non-hydrogen) atoms. The number of allylic oxidation sites excluding steroid dienone is 2. The van der Waals surface area contributed by atoms with E-state index in [4.69, 9.17) is 37.7 Å². The van der Waals surface area contributed by atoms with E-state index >= 15 is 0 Å². The van der Waals surface area contributed by atoms with Gasteiger partial charge >= 0.3 is 5.97 Å². The van der Waals surface area contributed by atoms with Crippen molar-refractivity contribution in [3.8, 4) is 5.75 Å². The van der Waals surface area contributed by atoms with Gasteiger partial charge in [0.2, 0.25) is 0 Å². The van der Waals surface area contributed by atoms with Gasteiger partial charge in [-0.1, -0.05) is 71.7 Å².